The highest BCUT2D eigenvalue weighted by atomic mass is 35.5. The van der Waals surface area contributed by atoms with Crippen LogP contribution in [0.15, 0.2) is 71.6 Å². The Morgan fingerprint density at radius 3 is 2.49 bits per heavy atom. The van der Waals surface area contributed by atoms with Crippen molar-refractivity contribution in [1.82, 2.24) is 4.90 Å². The molecule has 180 valence electrons. The van der Waals surface area contributed by atoms with Crippen molar-refractivity contribution in [3.8, 4) is 17.2 Å². The molecule has 1 fully saturated rings. The van der Waals surface area contributed by atoms with Crippen LogP contribution in [0.1, 0.15) is 11.1 Å². The number of hydrogen-bond donors (Lipinski definition) is 0. The summed E-state index contributed by atoms with van der Waals surface area (Å²) in [6, 6.07) is 18.4. The van der Waals surface area contributed by atoms with E-state index in [2.05, 4.69) is 0 Å². The molecule has 35 heavy (non-hydrogen) atoms. The predicted molar refractivity (Wildman–Crippen MR) is 133 cm³/mol. The van der Waals surface area contributed by atoms with E-state index in [9.17, 15) is 14.0 Å². The summed E-state index contributed by atoms with van der Waals surface area (Å²) in [6.07, 6.45) is 1.58. The van der Waals surface area contributed by atoms with Crippen LogP contribution in [-0.4, -0.2) is 36.3 Å². The summed E-state index contributed by atoms with van der Waals surface area (Å²) >= 11 is 7.28. The van der Waals surface area contributed by atoms with Gasteiger partial charge in [-0.25, -0.2) is 4.39 Å². The van der Waals surface area contributed by atoms with E-state index in [4.69, 9.17) is 25.8 Å². The minimum Gasteiger partial charge on any atom is -0.493 e. The molecule has 0 atom stereocenters. The largest absolute Gasteiger partial charge is 0.493 e. The van der Waals surface area contributed by atoms with E-state index in [0.29, 0.717) is 22.8 Å². The molecule has 1 saturated heterocycles. The molecule has 2 amide bonds. The van der Waals surface area contributed by atoms with Crippen LogP contribution in [0.5, 0.6) is 17.2 Å². The molecular weight excluding hydrogens is 493 g/mol. The third-order valence-corrected chi connectivity index (χ3v) is 6.23. The Balaban J connectivity index is 1.44. The molecule has 1 aliphatic heterocycles. The Kier molecular flexibility index (Phi) is 7.94. The van der Waals surface area contributed by atoms with Gasteiger partial charge in [0.2, 0.25) is 0 Å². The second-order valence-electron chi connectivity index (χ2n) is 7.44. The second-order valence-corrected chi connectivity index (χ2v) is 8.84. The van der Waals surface area contributed by atoms with Crippen LogP contribution in [0.3, 0.4) is 0 Å². The van der Waals surface area contributed by atoms with Gasteiger partial charge < -0.3 is 14.2 Å². The fourth-order valence-corrected chi connectivity index (χ4v) is 4.45. The first-order valence-corrected chi connectivity index (χ1v) is 11.8. The van der Waals surface area contributed by atoms with Gasteiger partial charge in [0.25, 0.3) is 11.1 Å². The average Bonchev–Trinajstić information content (AvgIpc) is 3.12. The van der Waals surface area contributed by atoms with Gasteiger partial charge in [-0.2, -0.15) is 0 Å². The van der Waals surface area contributed by atoms with Gasteiger partial charge in [-0.1, -0.05) is 41.9 Å². The van der Waals surface area contributed by atoms with E-state index >= 15 is 0 Å². The molecule has 6 nitrogen and oxygen atoms in total. The number of hydrogen-bond acceptors (Lipinski definition) is 6. The maximum absolute atomic E-state index is 13.1. The second kappa shape index (κ2) is 11.3. The summed E-state index contributed by atoms with van der Waals surface area (Å²) in [5, 5.41) is -0.0940. The summed E-state index contributed by atoms with van der Waals surface area (Å²) < 4.78 is 29.9. The number of nitrogens with zero attached hydrogens (tertiary/aromatic N) is 1. The Hall–Kier alpha value is -3.49. The van der Waals surface area contributed by atoms with Gasteiger partial charge in [-0.15, -0.1) is 0 Å². The van der Waals surface area contributed by atoms with Gasteiger partial charge >= 0.3 is 0 Å². The molecule has 3 aromatic carbocycles. The number of thioether (sulfide) groups is 1. The smallest absolute Gasteiger partial charge is 0.293 e. The van der Waals surface area contributed by atoms with Crippen molar-refractivity contribution in [3.63, 3.8) is 0 Å². The van der Waals surface area contributed by atoms with Gasteiger partial charge in [-0.05, 0) is 65.4 Å². The van der Waals surface area contributed by atoms with Crippen molar-refractivity contribution in [2.24, 2.45) is 0 Å². The van der Waals surface area contributed by atoms with Crippen LogP contribution in [0.2, 0.25) is 5.02 Å². The Morgan fingerprint density at radius 2 is 1.77 bits per heavy atom. The van der Waals surface area contributed by atoms with Gasteiger partial charge in [0.05, 0.1) is 23.6 Å². The lowest BCUT2D eigenvalue weighted by molar-refractivity contribution is -0.123. The number of amides is 2. The zero-order valence-corrected chi connectivity index (χ0v) is 20.3. The van der Waals surface area contributed by atoms with Gasteiger partial charge in [0, 0.05) is 0 Å². The molecule has 1 aliphatic rings. The standard InChI is InChI=1S/C26H21ClFNO5S/c1-32-22-14-18(13-21(27)24(22)34-16-17-7-9-19(28)10-8-17)15-23-25(30)29(26(31)35-23)11-12-33-20-5-3-2-4-6-20/h2-10,13-15H,11-12,16H2,1H3/b23-15-. The molecule has 0 bridgehead atoms. The molecular formula is C26H21ClFNO5S. The van der Waals surface area contributed by atoms with Gasteiger partial charge in [0.15, 0.2) is 11.5 Å². The van der Waals surface area contributed by atoms with E-state index in [1.54, 1.807) is 42.5 Å². The number of carbonyl (C=O) groups is 2. The van der Waals surface area contributed by atoms with Gasteiger partial charge in [-0.3, -0.25) is 14.5 Å². The highest BCUT2D eigenvalue weighted by Crippen LogP contribution is 2.39. The summed E-state index contributed by atoms with van der Waals surface area (Å²) in [7, 11) is 1.47. The van der Waals surface area contributed by atoms with E-state index in [-0.39, 0.29) is 40.7 Å². The van der Waals surface area contributed by atoms with E-state index in [0.717, 1.165) is 22.2 Å². The first-order chi connectivity index (χ1) is 16.9. The van der Waals surface area contributed by atoms with Crippen molar-refractivity contribution in [1.29, 1.82) is 0 Å². The first kappa shape index (κ1) is 24.6. The fourth-order valence-electron chi connectivity index (χ4n) is 3.31. The van der Waals surface area contributed by atoms with E-state index in [1.807, 2.05) is 18.2 Å². The summed E-state index contributed by atoms with van der Waals surface area (Å²) in [6.45, 7) is 0.492. The fraction of sp³-hybridized carbons (Fsp3) is 0.154. The first-order valence-electron chi connectivity index (χ1n) is 10.6. The normalized spacial score (nSPS) is 14.5. The van der Waals surface area contributed by atoms with Crippen molar-refractivity contribution < 1.29 is 28.2 Å². The minimum atomic E-state index is -0.400. The van der Waals surface area contributed by atoms with Crippen molar-refractivity contribution in [2.45, 2.75) is 6.61 Å². The van der Waals surface area contributed by atoms with Gasteiger partial charge in [0.1, 0.15) is 24.8 Å². The average molecular weight is 514 g/mol. The Labute approximate surface area is 211 Å². The van der Waals surface area contributed by atoms with Crippen LogP contribution >= 0.6 is 23.4 Å². The highest BCUT2D eigenvalue weighted by Gasteiger charge is 2.35. The van der Waals surface area contributed by atoms with Crippen LogP contribution < -0.4 is 14.2 Å². The summed E-state index contributed by atoms with van der Waals surface area (Å²) in [4.78, 5) is 26.6. The molecule has 0 aromatic heterocycles. The molecule has 0 saturated carbocycles. The van der Waals surface area contributed by atoms with E-state index < -0.39 is 5.91 Å². The van der Waals surface area contributed by atoms with E-state index in [1.165, 1.54) is 19.2 Å². The maximum atomic E-state index is 13.1. The molecule has 0 spiro atoms. The molecule has 1 heterocycles. The molecule has 4 rings (SSSR count). The lowest BCUT2D eigenvalue weighted by atomic mass is 10.1. The third kappa shape index (κ3) is 6.15. The lowest BCUT2D eigenvalue weighted by Crippen LogP contribution is -2.32. The number of halogens is 2. The number of benzene rings is 3. The zero-order valence-electron chi connectivity index (χ0n) is 18.7. The third-order valence-electron chi connectivity index (χ3n) is 5.05. The van der Waals surface area contributed by atoms with Crippen molar-refractivity contribution in [3.05, 3.63) is 93.6 Å². The molecule has 0 aliphatic carbocycles. The Bertz CT molecular complexity index is 1250. The number of methoxy groups -OCH3 is 1. The summed E-state index contributed by atoms with van der Waals surface area (Å²) in [5.41, 5.74) is 1.34. The SMILES string of the molecule is COc1cc(/C=C2\SC(=O)N(CCOc3ccccc3)C2=O)cc(Cl)c1OCc1ccc(F)cc1. The monoisotopic (exact) mass is 513 g/mol. The van der Waals surface area contributed by atoms with Crippen LogP contribution in [0.4, 0.5) is 9.18 Å². The maximum Gasteiger partial charge on any atom is 0.293 e. The zero-order chi connectivity index (χ0) is 24.8. The van der Waals surface area contributed by atoms with Crippen LogP contribution in [-0.2, 0) is 11.4 Å². The number of imide groups is 1. The number of carbonyl (C=O) groups excluding carboxylic acids is 2. The Morgan fingerprint density at radius 1 is 1.03 bits per heavy atom. The highest BCUT2D eigenvalue weighted by molar-refractivity contribution is 8.18. The molecule has 0 radical (unpaired) electrons. The predicted octanol–water partition coefficient (Wildman–Crippen LogP) is 6.18. The van der Waals surface area contributed by atoms with Crippen molar-refractivity contribution in [2.75, 3.05) is 20.3 Å². The summed E-state index contributed by atoms with van der Waals surface area (Å²) in [5.74, 6) is 0.617. The number of ether oxygens (including phenoxy) is 3. The molecule has 0 unspecified atom stereocenters. The molecule has 0 N–H and O–H groups in total. The van der Waals surface area contributed by atoms with Crippen molar-refractivity contribution >= 4 is 40.6 Å². The quantitative estimate of drug-likeness (QED) is 0.318. The lowest BCUT2D eigenvalue weighted by Gasteiger charge is -2.14. The van der Waals surface area contributed by atoms with Crippen LogP contribution in [0.25, 0.3) is 6.08 Å². The molecule has 9 heteroatoms. The molecule has 3 aromatic rings. The topological polar surface area (TPSA) is 65.1 Å². The number of para-hydroxylation sites is 1. The van der Waals surface area contributed by atoms with Crippen LogP contribution in [0, 0.1) is 5.82 Å². The number of rotatable bonds is 9. The minimum absolute atomic E-state index is 0.136.